The fraction of sp³-hybridized carbons (Fsp3) is 0.421. The van der Waals surface area contributed by atoms with Crippen LogP contribution in [0.25, 0.3) is 0 Å². The van der Waals surface area contributed by atoms with E-state index in [1.54, 1.807) is 51.1 Å². The highest BCUT2D eigenvalue weighted by molar-refractivity contribution is 7.52. The SMILES string of the molecule is CCOC(=O)[C@@H](NP(=O)(Oc1ccccc1)OC1C=CC([N+](=O)[O-])=CC1)C(C)C. The van der Waals surface area contributed by atoms with E-state index in [2.05, 4.69) is 5.09 Å². The molecule has 1 aromatic carbocycles. The van der Waals surface area contributed by atoms with E-state index in [0.717, 1.165) is 0 Å². The minimum Gasteiger partial charge on any atom is -0.465 e. The standard InChI is InChI=1S/C19H25N2O7P/c1-4-26-19(22)18(14(2)3)20-29(25,27-16-8-6-5-7-9-16)28-17-12-10-15(11-13-17)21(23)24/h5-12,14,17-18H,4,13H2,1-3H3,(H,20,25)/t17?,18-,29?/m0/s1. The normalized spacial score (nSPS) is 19.2. The second kappa shape index (κ2) is 10.3. The van der Waals surface area contributed by atoms with E-state index >= 15 is 0 Å². The number of ether oxygens (including phenoxy) is 1. The van der Waals surface area contributed by atoms with Crippen LogP contribution in [0.4, 0.5) is 0 Å². The molecule has 0 fully saturated rings. The zero-order chi connectivity index (χ0) is 21.4. The number of benzene rings is 1. The van der Waals surface area contributed by atoms with Crippen molar-refractivity contribution in [1.29, 1.82) is 0 Å². The molecule has 1 N–H and O–H groups in total. The fourth-order valence-electron chi connectivity index (χ4n) is 2.56. The summed E-state index contributed by atoms with van der Waals surface area (Å²) in [6.45, 7) is 5.40. The van der Waals surface area contributed by atoms with Crippen molar-refractivity contribution in [1.82, 2.24) is 5.09 Å². The summed E-state index contributed by atoms with van der Waals surface area (Å²) in [7, 11) is -4.04. The smallest absolute Gasteiger partial charge is 0.460 e. The lowest BCUT2D eigenvalue weighted by atomic mass is 10.1. The van der Waals surface area contributed by atoms with Gasteiger partial charge >= 0.3 is 13.7 Å². The molecule has 0 saturated carbocycles. The number of nitrogens with zero attached hydrogens (tertiary/aromatic N) is 1. The molecule has 0 bridgehead atoms. The first kappa shape index (κ1) is 22.8. The summed E-state index contributed by atoms with van der Waals surface area (Å²) in [4.78, 5) is 22.6. The van der Waals surface area contributed by atoms with Gasteiger partial charge in [0.05, 0.1) is 17.6 Å². The first-order chi connectivity index (χ1) is 13.7. The molecule has 2 rings (SSSR count). The molecule has 10 heteroatoms. The Morgan fingerprint density at radius 1 is 1.34 bits per heavy atom. The Bertz CT molecular complexity index is 823. The fourth-order valence-corrected chi connectivity index (χ4v) is 4.37. The minimum atomic E-state index is -4.04. The number of carbonyl (C=O) groups excluding carboxylic acids is 1. The van der Waals surface area contributed by atoms with E-state index in [-0.39, 0.29) is 30.4 Å². The van der Waals surface area contributed by atoms with Gasteiger partial charge in [-0.15, -0.1) is 0 Å². The molecule has 9 nitrogen and oxygen atoms in total. The second-order valence-electron chi connectivity index (χ2n) is 6.63. The van der Waals surface area contributed by atoms with E-state index in [0.29, 0.717) is 0 Å². The third-order valence-corrected chi connectivity index (χ3v) is 5.59. The predicted octanol–water partition coefficient (Wildman–Crippen LogP) is 3.86. The molecule has 0 heterocycles. The topological polar surface area (TPSA) is 117 Å². The van der Waals surface area contributed by atoms with Gasteiger partial charge < -0.3 is 9.26 Å². The molecule has 1 aliphatic rings. The van der Waals surface area contributed by atoms with Crippen LogP contribution >= 0.6 is 7.75 Å². The first-order valence-corrected chi connectivity index (χ1v) is 10.8. The Hall–Kier alpha value is -2.48. The summed E-state index contributed by atoms with van der Waals surface area (Å²) in [6.07, 6.45) is 3.52. The molecule has 0 saturated heterocycles. The summed E-state index contributed by atoms with van der Waals surface area (Å²) in [5, 5.41) is 13.5. The summed E-state index contributed by atoms with van der Waals surface area (Å²) >= 11 is 0. The highest BCUT2D eigenvalue weighted by Gasteiger charge is 2.38. The Labute approximate surface area is 169 Å². The number of esters is 1. The first-order valence-electron chi connectivity index (χ1n) is 9.24. The Morgan fingerprint density at radius 2 is 2.03 bits per heavy atom. The van der Waals surface area contributed by atoms with Crippen molar-refractivity contribution in [2.75, 3.05) is 6.61 Å². The van der Waals surface area contributed by atoms with Crippen molar-refractivity contribution in [3.8, 4) is 5.75 Å². The Morgan fingerprint density at radius 3 is 2.55 bits per heavy atom. The van der Waals surface area contributed by atoms with Gasteiger partial charge in [-0.2, -0.15) is 5.09 Å². The molecule has 2 unspecified atom stereocenters. The number of hydrogen-bond donors (Lipinski definition) is 1. The third-order valence-electron chi connectivity index (χ3n) is 4.00. The zero-order valence-corrected chi connectivity index (χ0v) is 17.4. The Balaban J connectivity index is 2.24. The van der Waals surface area contributed by atoms with Gasteiger partial charge in [-0.1, -0.05) is 32.0 Å². The number of hydrogen-bond acceptors (Lipinski definition) is 7. The highest BCUT2D eigenvalue weighted by atomic mass is 31.2. The molecular weight excluding hydrogens is 399 g/mol. The molecule has 0 spiro atoms. The number of para-hydroxylation sites is 1. The van der Waals surface area contributed by atoms with Gasteiger partial charge in [0.2, 0.25) is 0 Å². The van der Waals surface area contributed by atoms with E-state index in [1.165, 1.54) is 18.2 Å². The van der Waals surface area contributed by atoms with Crippen molar-refractivity contribution in [3.63, 3.8) is 0 Å². The largest absolute Gasteiger partial charge is 0.465 e. The summed E-state index contributed by atoms with van der Waals surface area (Å²) in [6, 6.07) is 7.47. The Kier molecular flexibility index (Phi) is 8.13. The molecule has 1 aromatic rings. The maximum Gasteiger partial charge on any atom is 0.460 e. The van der Waals surface area contributed by atoms with Crippen molar-refractivity contribution < 1.29 is 28.1 Å². The van der Waals surface area contributed by atoms with Crippen molar-refractivity contribution >= 4 is 13.7 Å². The molecule has 0 aromatic heterocycles. The van der Waals surface area contributed by atoms with Gasteiger partial charge in [-0.3, -0.25) is 19.4 Å². The molecule has 1 aliphatic carbocycles. The van der Waals surface area contributed by atoms with Crippen LogP contribution in [0, 0.1) is 16.0 Å². The molecule has 0 aliphatic heterocycles. The van der Waals surface area contributed by atoms with Crippen LogP contribution in [0.1, 0.15) is 27.2 Å². The highest BCUT2D eigenvalue weighted by Crippen LogP contribution is 2.47. The van der Waals surface area contributed by atoms with Gasteiger partial charge in [0, 0.05) is 12.5 Å². The predicted molar refractivity (Wildman–Crippen MR) is 107 cm³/mol. The van der Waals surface area contributed by atoms with Gasteiger partial charge in [-0.05, 0) is 37.1 Å². The number of allylic oxidation sites excluding steroid dienone is 1. The summed E-state index contributed by atoms with van der Waals surface area (Å²) in [5.41, 5.74) is -0.0665. The van der Waals surface area contributed by atoms with Crippen LogP contribution in [0.5, 0.6) is 5.75 Å². The minimum absolute atomic E-state index is 0.0665. The van der Waals surface area contributed by atoms with Crippen LogP contribution in [0.15, 0.2) is 54.3 Å². The van der Waals surface area contributed by atoms with Crippen LogP contribution < -0.4 is 9.61 Å². The molecule has 0 amide bonds. The third kappa shape index (κ3) is 6.81. The van der Waals surface area contributed by atoms with Gasteiger partial charge in [0.15, 0.2) is 0 Å². The monoisotopic (exact) mass is 424 g/mol. The zero-order valence-electron chi connectivity index (χ0n) is 16.5. The number of rotatable bonds is 10. The molecule has 0 radical (unpaired) electrons. The van der Waals surface area contributed by atoms with Gasteiger partial charge in [0.1, 0.15) is 11.8 Å². The van der Waals surface area contributed by atoms with Crippen LogP contribution in [0.3, 0.4) is 0 Å². The number of carbonyl (C=O) groups is 1. The van der Waals surface area contributed by atoms with Crippen LogP contribution in [-0.2, 0) is 18.6 Å². The van der Waals surface area contributed by atoms with Crippen LogP contribution in [0.2, 0.25) is 0 Å². The number of nitro groups is 1. The lowest BCUT2D eigenvalue weighted by molar-refractivity contribution is -0.419. The van der Waals surface area contributed by atoms with E-state index in [4.69, 9.17) is 13.8 Å². The quantitative estimate of drug-likeness (QED) is 0.260. The maximum atomic E-state index is 13.5. The molecular formula is C19H25N2O7P. The maximum absolute atomic E-state index is 13.5. The van der Waals surface area contributed by atoms with E-state index in [9.17, 15) is 19.5 Å². The second-order valence-corrected chi connectivity index (χ2v) is 8.28. The van der Waals surface area contributed by atoms with Crippen molar-refractivity contribution in [2.24, 2.45) is 5.92 Å². The van der Waals surface area contributed by atoms with Crippen LogP contribution in [-0.4, -0.2) is 29.6 Å². The summed E-state index contributed by atoms with van der Waals surface area (Å²) < 4.78 is 29.9. The summed E-state index contributed by atoms with van der Waals surface area (Å²) in [5.74, 6) is -0.540. The average molecular weight is 424 g/mol. The lowest BCUT2D eigenvalue weighted by Gasteiger charge is -2.28. The van der Waals surface area contributed by atoms with Crippen molar-refractivity contribution in [3.05, 3.63) is 64.4 Å². The molecule has 158 valence electrons. The molecule has 3 atom stereocenters. The lowest BCUT2D eigenvalue weighted by Crippen LogP contribution is -2.42. The van der Waals surface area contributed by atoms with Gasteiger partial charge in [-0.25, -0.2) is 4.57 Å². The number of nitrogens with one attached hydrogen (secondary N) is 1. The van der Waals surface area contributed by atoms with E-state index < -0.39 is 30.8 Å². The molecule has 29 heavy (non-hydrogen) atoms. The van der Waals surface area contributed by atoms with E-state index in [1.807, 2.05) is 0 Å². The average Bonchev–Trinajstić information content (AvgIpc) is 2.67. The van der Waals surface area contributed by atoms with Crippen molar-refractivity contribution in [2.45, 2.75) is 39.3 Å². The van der Waals surface area contributed by atoms with Gasteiger partial charge in [0.25, 0.3) is 5.70 Å².